The summed E-state index contributed by atoms with van der Waals surface area (Å²) in [4.78, 5) is 25.4. The molecule has 0 aliphatic heterocycles. The van der Waals surface area contributed by atoms with Gasteiger partial charge in [0.2, 0.25) is 0 Å². The van der Waals surface area contributed by atoms with Crippen LogP contribution in [0.5, 0.6) is 0 Å². The van der Waals surface area contributed by atoms with Crippen molar-refractivity contribution in [2.75, 3.05) is 11.6 Å². The lowest BCUT2D eigenvalue weighted by Crippen LogP contribution is -2.20. The van der Waals surface area contributed by atoms with Crippen LogP contribution < -0.4 is 10.9 Å². The minimum Gasteiger partial charge on any atom is -0.422 e. The second kappa shape index (κ2) is 6.60. The van der Waals surface area contributed by atoms with Crippen molar-refractivity contribution in [1.82, 2.24) is 0 Å². The summed E-state index contributed by atoms with van der Waals surface area (Å²) in [5.74, 6) is -0.487. The Hall–Kier alpha value is -2.05. The molecule has 0 saturated carbocycles. The van der Waals surface area contributed by atoms with Gasteiger partial charge in [0.1, 0.15) is 11.1 Å². The second-order valence-corrected chi connectivity index (χ2v) is 6.61. The molecule has 2 aromatic carbocycles. The summed E-state index contributed by atoms with van der Waals surface area (Å²) in [6, 6.07) is 14.2. The van der Waals surface area contributed by atoms with Crippen molar-refractivity contribution < 1.29 is 9.21 Å². The van der Waals surface area contributed by atoms with Gasteiger partial charge in [-0.05, 0) is 48.7 Å². The Morgan fingerprint density at radius 1 is 1.17 bits per heavy atom. The van der Waals surface area contributed by atoms with Crippen LogP contribution in [0.1, 0.15) is 10.4 Å². The van der Waals surface area contributed by atoms with Crippen LogP contribution >= 0.6 is 27.7 Å². The summed E-state index contributed by atoms with van der Waals surface area (Å²) >= 11 is 4.94. The minimum atomic E-state index is -0.654. The molecule has 0 aliphatic carbocycles. The average molecular weight is 390 g/mol. The van der Waals surface area contributed by atoms with E-state index in [1.54, 1.807) is 42.1 Å². The molecular weight excluding hydrogens is 378 g/mol. The third-order valence-corrected chi connectivity index (χ3v) is 4.49. The van der Waals surface area contributed by atoms with Gasteiger partial charge in [0.05, 0.1) is 0 Å². The average Bonchev–Trinajstić information content (AvgIpc) is 2.54. The third kappa shape index (κ3) is 3.48. The molecule has 1 amide bonds. The maximum Gasteiger partial charge on any atom is 0.349 e. The first-order valence-corrected chi connectivity index (χ1v) is 8.77. The first-order valence-electron chi connectivity index (χ1n) is 6.75. The third-order valence-electron chi connectivity index (χ3n) is 3.27. The fraction of sp³-hybridized carbons (Fsp3) is 0.0588. The van der Waals surface area contributed by atoms with E-state index in [1.165, 1.54) is 0 Å². The first-order chi connectivity index (χ1) is 11.1. The maximum absolute atomic E-state index is 12.4. The quantitative estimate of drug-likeness (QED) is 0.527. The van der Waals surface area contributed by atoms with Crippen molar-refractivity contribution in [3.05, 3.63) is 69.0 Å². The summed E-state index contributed by atoms with van der Waals surface area (Å²) in [5, 5.41) is 3.41. The monoisotopic (exact) mass is 389 g/mol. The molecule has 116 valence electrons. The number of benzene rings is 2. The number of rotatable bonds is 3. The Labute approximate surface area is 145 Å². The fourth-order valence-electron chi connectivity index (χ4n) is 2.15. The van der Waals surface area contributed by atoms with Gasteiger partial charge in [-0.25, -0.2) is 4.79 Å². The van der Waals surface area contributed by atoms with Crippen molar-refractivity contribution >= 4 is 50.3 Å². The molecule has 0 unspecified atom stereocenters. The Balaban J connectivity index is 1.96. The highest BCUT2D eigenvalue weighted by Crippen LogP contribution is 2.21. The van der Waals surface area contributed by atoms with Gasteiger partial charge in [0.25, 0.3) is 5.91 Å². The van der Waals surface area contributed by atoms with Crippen molar-refractivity contribution in [3.63, 3.8) is 0 Å². The zero-order valence-corrected chi connectivity index (χ0v) is 14.5. The normalized spacial score (nSPS) is 10.7. The molecule has 0 bridgehead atoms. The van der Waals surface area contributed by atoms with Gasteiger partial charge in [-0.2, -0.15) is 0 Å². The van der Waals surface area contributed by atoms with Gasteiger partial charge in [0.15, 0.2) is 0 Å². The maximum atomic E-state index is 12.4. The van der Waals surface area contributed by atoms with Crippen molar-refractivity contribution in [3.8, 4) is 0 Å². The number of carbonyl (C=O) groups is 1. The number of carbonyl (C=O) groups excluding carboxylic acids is 1. The van der Waals surface area contributed by atoms with E-state index in [0.29, 0.717) is 16.7 Å². The SMILES string of the molecule is CSc1cccc(NC(=O)c2cc3cc(Br)ccc3oc2=O)c1. The fourth-order valence-corrected chi connectivity index (χ4v) is 2.99. The molecule has 1 heterocycles. The van der Waals surface area contributed by atoms with E-state index in [9.17, 15) is 9.59 Å². The first kappa shape index (κ1) is 15.8. The van der Waals surface area contributed by atoms with Crippen LogP contribution in [-0.2, 0) is 0 Å². The van der Waals surface area contributed by atoms with E-state index >= 15 is 0 Å². The second-order valence-electron chi connectivity index (χ2n) is 4.82. The molecule has 1 N–H and O–H groups in total. The molecule has 6 heteroatoms. The number of hydrogen-bond donors (Lipinski definition) is 1. The van der Waals surface area contributed by atoms with E-state index in [2.05, 4.69) is 21.2 Å². The molecule has 3 aromatic rings. The molecule has 0 aliphatic rings. The minimum absolute atomic E-state index is 0.0230. The van der Waals surface area contributed by atoms with Crippen LogP contribution in [0.25, 0.3) is 11.0 Å². The lowest BCUT2D eigenvalue weighted by molar-refractivity contribution is 0.102. The zero-order valence-electron chi connectivity index (χ0n) is 12.1. The molecule has 0 spiro atoms. The van der Waals surface area contributed by atoms with Crippen LogP contribution in [0.2, 0.25) is 0 Å². The highest BCUT2D eigenvalue weighted by molar-refractivity contribution is 9.10. The largest absolute Gasteiger partial charge is 0.422 e. The van der Waals surface area contributed by atoms with Gasteiger partial charge < -0.3 is 9.73 Å². The summed E-state index contributed by atoms with van der Waals surface area (Å²) in [5.41, 5.74) is 0.401. The van der Waals surface area contributed by atoms with E-state index < -0.39 is 11.5 Å². The highest BCUT2D eigenvalue weighted by atomic mass is 79.9. The molecule has 3 rings (SSSR count). The molecule has 0 fully saturated rings. The predicted octanol–water partition coefficient (Wildman–Crippen LogP) is 4.53. The zero-order chi connectivity index (χ0) is 16.4. The van der Waals surface area contributed by atoms with Gasteiger partial charge in [-0.15, -0.1) is 11.8 Å². The number of thioether (sulfide) groups is 1. The Kier molecular flexibility index (Phi) is 4.54. The summed E-state index contributed by atoms with van der Waals surface area (Å²) < 4.78 is 6.06. The van der Waals surface area contributed by atoms with Crippen LogP contribution in [0, 0.1) is 0 Å². The van der Waals surface area contributed by atoms with Gasteiger partial charge in [-0.1, -0.05) is 22.0 Å². The molecular formula is C17H12BrNO3S. The molecule has 4 nitrogen and oxygen atoms in total. The number of nitrogens with one attached hydrogen (secondary N) is 1. The highest BCUT2D eigenvalue weighted by Gasteiger charge is 2.14. The van der Waals surface area contributed by atoms with Crippen LogP contribution in [0.4, 0.5) is 5.69 Å². The molecule has 23 heavy (non-hydrogen) atoms. The number of anilines is 1. The van der Waals surface area contributed by atoms with Crippen molar-refractivity contribution in [2.45, 2.75) is 4.90 Å². The standard InChI is InChI=1S/C17H12BrNO3S/c1-23-13-4-2-3-12(9-13)19-16(20)14-8-10-7-11(18)5-6-15(10)22-17(14)21/h2-9H,1H3,(H,19,20). The lowest BCUT2D eigenvalue weighted by atomic mass is 10.1. The summed E-state index contributed by atoms with van der Waals surface area (Å²) in [6.07, 6.45) is 1.96. The number of hydrogen-bond acceptors (Lipinski definition) is 4. The Morgan fingerprint density at radius 2 is 2.00 bits per heavy atom. The predicted molar refractivity (Wildman–Crippen MR) is 96.4 cm³/mol. The van der Waals surface area contributed by atoms with E-state index in [-0.39, 0.29) is 5.56 Å². The number of fused-ring (bicyclic) bond motifs is 1. The smallest absolute Gasteiger partial charge is 0.349 e. The molecule has 1 aromatic heterocycles. The Bertz CT molecular complexity index is 952. The van der Waals surface area contributed by atoms with Gasteiger partial charge >= 0.3 is 5.63 Å². The number of amides is 1. The number of halogens is 1. The molecule has 0 radical (unpaired) electrons. The van der Waals surface area contributed by atoms with E-state index in [4.69, 9.17) is 4.42 Å². The lowest BCUT2D eigenvalue weighted by Gasteiger charge is -2.06. The van der Waals surface area contributed by atoms with Crippen molar-refractivity contribution in [2.24, 2.45) is 0 Å². The summed E-state index contributed by atoms with van der Waals surface area (Å²) in [6.45, 7) is 0. The Morgan fingerprint density at radius 3 is 2.78 bits per heavy atom. The van der Waals surface area contributed by atoms with Crippen molar-refractivity contribution in [1.29, 1.82) is 0 Å². The topological polar surface area (TPSA) is 59.3 Å². The van der Waals surface area contributed by atoms with Gasteiger partial charge in [0, 0.05) is 20.4 Å². The van der Waals surface area contributed by atoms with Crippen LogP contribution in [0.15, 0.2) is 67.1 Å². The van der Waals surface area contributed by atoms with Crippen LogP contribution in [0.3, 0.4) is 0 Å². The molecule has 0 saturated heterocycles. The van der Waals surface area contributed by atoms with Crippen LogP contribution in [-0.4, -0.2) is 12.2 Å². The van der Waals surface area contributed by atoms with Gasteiger partial charge in [-0.3, -0.25) is 4.79 Å². The summed E-state index contributed by atoms with van der Waals surface area (Å²) in [7, 11) is 0. The van der Waals surface area contributed by atoms with E-state index in [0.717, 1.165) is 9.37 Å². The van der Waals surface area contributed by atoms with E-state index in [1.807, 2.05) is 24.5 Å². The molecule has 0 atom stereocenters.